The number of nitrogens with one attached hydrogen (secondary N) is 1. The molecule has 6 heteroatoms. The molecule has 0 aliphatic heterocycles. The Balaban J connectivity index is 1.65. The Bertz CT molecular complexity index is 847. The van der Waals surface area contributed by atoms with E-state index in [1.165, 1.54) is 0 Å². The third-order valence-corrected chi connectivity index (χ3v) is 4.37. The number of unbranched alkanes of at least 4 members (excludes halogenated alkanes) is 1. The van der Waals surface area contributed by atoms with Gasteiger partial charge in [-0.05, 0) is 23.9 Å². The summed E-state index contributed by atoms with van der Waals surface area (Å²) < 4.78 is 25.5. The lowest BCUT2D eigenvalue weighted by Crippen LogP contribution is -2.09. The standard InChI is InChI=1S/C19H20N2O3S/c1-2-3-13-23-25(22)21-16-11-12-19(20-14-16)24-18-10-6-8-15-7-4-5-9-17(15)18/h4-12,14,21H,2-3,13H2,1H3. The smallest absolute Gasteiger partial charge is 0.261 e. The van der Waals surface area contributed by atoms with E-state index in [1.54, 1.807) is 18.3 Å². The maximum absolute atomic E-state index is 11.7. The first-order valence-electron chi connectivity index (χ1n) is 8.19. The van der Waals surface area contributed by atoms with Crippen LogP contribution in [0.5, 0.6) is 11.6 Å². The Kier molecular flexibility index (Phi) is 5.98. The van der Waals surface area contributed by atoms with E-state index in [4.69, 9.17) is 8.92 Å². The zero-order chi connectivity index (χ0) is 17.5. The van der Waals surface area contributed by atoms with Gasteiger partial charge in [-0.2, -0.15) is 0 Å². The first kappa shape index (κ1) is 17.4. The van der Waals surface area contributed by atoms with Crippen molar-refractivity contribution in [3.63, 3.8) is 0 Å². The number of fused-ring (bicyclic) bond motifs is 1. The molecule has 3 rings (SSSR count). The second-order valence-corrected chi connectivity index (χ2v) is 6.39. The van der Waals surface area contributed by atoms with Crippen molar-refractivity contribution in [3.8, 4) is 11.6 Å². The molecule has 3 aromatic rings. The van der Waals surface area contributed by atoms with Gasteiger partial charge in [0.15, 0.2) is 0 Å². The van der Waals surface area contributed by atoms with Crippen LogP contribution in [0.15, 0.2) is 60.8 Å². The summed E-state index contributed by atoms with van der Waals surface area (Å²) in [6.07, 6.45) is 3.45. The van der Waals surface area contributed by atoms with Crippen molar-refractivity contribution in [2.45, 2.75) is 19.8 Å². The summed E-state index contributed by atoms with van der Waals surface area (Å²) in [7, 11) is 0. The van der Waals surface area contributed by atoms with Gasteiger partial charge in [-0.25, -0.2) is 9.19 Å². The highest BCUT2D eigenvalue weighted by atomic mass is 32.2. The zero-order valence-electron chi connectivity index (χ0n) is 14.0. The summed E-state index contributed by atoms with van der Waals surface area (Å²) in [6.45, 7) is 2.52. The van der Waals surface area contributed by atoms with Crippen molar-refractivity contribution >= 4 is 27.7 Å². The number of nitrogens with zero attached hydrogens (tertiary/aromatic N) is 1. The van der Waals surface area contributed by atoms with E-state index >= 15 is 0 Å². The van der Waals surface area contributed by atoms with Crippen LogP contribution in [0.4, 0.5) is 5.69 Å². The molecular weight excluding hydrogens is 336 g/mol. The summed E-state index contributed by atoms with van der Waals surface area (Å²) >= 11 is -1.57. The molecular formula is C19H20N2O3S. The highest BCUT2D eigenvalue weighted by Gasteiger charge is 2.05. The maximum atomic E-state index is 11.7. The SMILES string of the molecule is CCCCOS(=O)Nc1ccc(Oc2cccc3ccccc23)nc1. The number of rotatable bonds is 8. The zero-order valence-corrected chi connectivity index (χ0v) is 14.8. The highest BCUT2D eigenvalue weighted by molar-refractivity contribution is 7.81. The van der Waals surface area contributed by atoms with Crippen molar-refractivity contribution in [2.24, 2.45) is 0 Å². The van der Waals surface area contributed by atoms with Crippen molar-refractivity contribution in [3.05, 3.63) is 60.8 Å². The van der Waals surface area contributed by atoms with Crippen LogP contribution in [0.25, 0.3) is 10.8 Å². The van der Waals surface area contributed by atoms with Gasteiger partial charge in [0.1, 0.15) is 5.75 Å². The summed E-state index contributed by atoms with van der Waals surface area (Å²) in [4.78, 5) is 4.26. The fraction of sp³-hybridized carbons (Fsp3) is 0.211. The summed E-state index contributed by atoms with van der Waals surface area (Å²) in [5, 5.41) is 2.14. The lowest BCUT2D eigenvalue weighted by atomic mass is 10.1. The summed E-state index contributed by atoms with van der Waals surface area (Å²) in [5.74, 6) is 1.22. The van der Waals surface area contributed by atoms with Gasteiger partial charge < -0.3 is 4.74 Å². The van der Waals surface area contributed by atoms with Gasteiger partial charge >= 0.3 is 0 Å². The molecule has 1 N–H and O–H groups in total. The van der Waals surface area contributed by atoms with Crippen LogP contribution in [-0.4, -0.2) is 15.8 Å². The molecule has 2 aromatic carbocycles. The Morgan fingerprint density at radius 2 is 1.92 bits per heavy atom. The molecule has 0 spiro atoms. The predicted octanol–water partition coefficient (Wildman–Crippen LogP) is 4.83. The van der Waals surface area contributed by atoms with Gasteiger partial charge in [0.25, 0.3) is 11.3 Å². The summed E-state index contributed by atoms with van der Waals surface area (Å²) in [6, 6.07) is 17.4. The number of ether oxygens (including phenoxy) is 1. The molecule has 0 bridgehead atoms. The molecule has 0 saturated heterocycles. The molecule has 0 aliphatic rings. The number of hydrogen-bond acceptors (Lipinski definition) is 4. The van der Waals surface area contributed by atoms with Gasteiger partial charge in [0.2, 0.25) is 5.88 Å². The number of pyridine rings is 1. The fourth-order valence-electron chi connectivity index (χ4n) is 2.30. The van der Waals surface area contributed by atoms with Crippen molar-refractivity contribution in [2.75, 3.05) is 11.3 Å². The minimum atomic E-state index is -1.57. The van der Waals surface area contributed by atoms with Gasteiger partial charge in [-0.1, -0.05) is 49.7 Å². The van der Waals surface area contributed by atoms with Crippen molar-refractivity contribution < 1.29 is 13.1 Å². The molecule has 1 atom stereocenters. The van der Waals surface area contributed by atoms with E-state index < -0.39 is 11.3 Å². The van der Waals surface area contributed by atoms with Gasteiger partial charge in [0.05, 0.1) is 18.5 Å². The van der Waals surface area contributed by atoms with Crippen LogP contribution in [0, 0.1) is 0 Å². The molecule has 0 fully saturated rings. The molecule has 1 aromatic heterocycles. The molecule has 0 amide bonds. The molecule has 0 radical (unpaired) electrons. The minimum Gasteiger partial charge on any atom is -0.438 e. The molecule has 1 heterocycles. The Morgan fingerprint density at radius 1 is 1.08 bits per heavy atom. The van der Waals surface area contributed by atoms with E-state index in [2.05, 4.69) is 16.6 Å². The van der Waals surface area contributed by atoms with E-state index in [1.807, 2.05) is 42.5 Å². The first-order valence-corrected chi connectivity index (χ1v) is 9.27. The second-order valence-electron chi connectivity index (χ2n) is 5.48. The van der Waals surface area contributed by atoms with Crippen LogP contribution in [0.1, 0.15) is 19.8 Å². The topological polar surface area (TPSA) is 60.5 Å². The molecule has 25 heavy (non-hydrogen) atoms. The Labute approximate surface area is 149 Å². The predicted molar refractivity (Wildman–Crippen MR) is 101 cm³/mol. The van der Waals surface area contributed by atoms with Gasteiger partial charge in [0, 0.05) is 11.5 Å². The van der Waals surface area contributed by atoms with Crippen LogP contribution in [-0.2, 0) is 15.4 Å². The van der Waals surface area contributed by atoms with Crippen LogP contribution in [0.2, 0.25) is 0 Å². The molecule has 130 valence electrons. The summed E-state index contributed by atoms with van der Waals surface area (Å²) in [5.41, 5.74) is 0.611. The number of benzene rings is 2. The largest absolute Gasteiger partial charge is 0.438 e. The van der Waals surface area contributed by atoms with Crippen molar-refractivity contribution in [1.29, 1.82) is 0 Å². The third-order valence-electron chi connectivity index (χ3n) is 3.59. The number of hydrogen-bond donors (Lipinski definition) is 1. The molecule has 5 nitrogen and oxygen atoms in total. The number of anilines is 1. The van der Waals surface area contributed by atoms with Crippen LogP contribution >= 0.6 is 0 Å². The van der Waals surface area contributed by atoms with Gasteiger partial charge in [-0.15, -0.1) is 0 Å². The van der Waals surface area contributed by atoms with E-state index in [-0.39, 0.29) is 0 Å². The van der Waals surface area contributed by atoms with Crippen LogP contribution < -0.4 is 9.46 Å². The Hall–Kier alpha value is -2.44. The molecule has 1 unspecified atom stereocenters. The maximum Gasteiger partial charge on any atom is 0.261 e. The quantitative estimate of drug-likeness (QED) is 0.587. The van der Waals surface area contributed by atoms with Gasteiger partial charge in [-0.3, -0.25) is 8.91 Å². The molecule has 0 aliphatic carbocycles. The lowest BCUT2D eigenvalue weighted by molar-refractivity contribution is 0.340. The lowest BCUT2D eigenvalue weighted by Gasteiger charge is -2.09. The number of aromatic nitrogens is 1. The average molecular weight is 356 g/mol. The van der Waals surface area contributed by atoms with E-state index in [0.29, 0.717) is 18.2 Å². The average Bonchev–Trinajstić information content (AvgIpc) is 2.64. The minimum absolute atomic E-state index is 0.464. The third kappa shape index (κ3) is 4.78. The molecule has 0 saturated carbocycles. The normalized spacial score (nSPS) is 12.0. The monoisotopic (exact) mass is 356 g/mol. The fourth-order valence-corrected chi connectivity index (χ4v) is 2.94. The Morgan fingerprint density at radius 3 is 2.72 bits per heavy atom. The highest BCUT2D eigenvalue weighted by Crippen LogP contribution is 2.29. The van der Waals surface area contributed by atoms with E-state index in [0.717, 1.165) is 29.4 Å². The van der Waals surface area contributed by atoms with E-state index in [9.17, 15) is 4.21 Å². The van der Waals surface area contributed by atoms with Crippen LogP contribution in [0.3, 0.4) is 0 Å². The first-order chi connectivity index (χ1) is 12.3. The second kappa shape index (κ2) is 8.60. The van der Waals surface area contributed by atoms with Crippen molar-refractivity contribution in [1.82, 2.24) is 4.98 Å².